The van der Waals surface area contributed by atoms with Crippen molar-refractivity contribution in [2.24, 2.45) is 0 Å². The average Bonchev–Trinajstić information content (AvgIpc) is 2.83. The first-order valence-corrected chi connectivity index (χ1v) is 12.3. The normalized spacial score (nSPS) is 17.9. The van der Waals surface area contributed by atoms with Crippen LogP contribution in [0.4, 0.5) is 0 Å². The number of esters is 1. The molecule has 0 spiro atoms. The molecule has 1 heterocycles. The second kappa shape index (κ2) is 9.73. The molecular formula is C30H34O5. The summed E-state index contributed by atoms with van der Waals surface area (Å²) < 4.78 is 18.0. The molecule has 0 N–H and O–H groups in total. The van der Waals surface area contributed by atoms with Crippen LogP contribution in [-0.4, -0.2) is 23.5 Å². The van der Waals surface area contributed by atoms with Crippen LogP contribution in [0.2, 0.25) is 0 Å². The summed E-state index contributed by atoms with van der Waals surface area (Å²) in [6.45, 7) is 11.2. The van der Waals surface area contributed by atoms with Gasteiger partial charge in [0.15, 0.2) is 11.9 Å². The number of benzene rings is 3. The molecule has 4 rings (SSSR count). The zero-order valence-corrected chi connectivity index (χ0v) is 21.5. The minimum atomic E-state index is -0.534. The monoisotopic (exact) mass is 474 g/mol. The third-order valence-electron chi connectivity index (χ3n) is 7.20. The van der Waals surface area contributed by atoms with E-state index in [4.69, 9.17) is 14.2 Å². The van der Waals surface area contributed by atoms with Crippen LogP contribution in [0.5, 0.6) is 17.2 Å². The van der Waals surface area contributed by atoms with Crippen LogP contribution in [0.25, 0.3) is 10.8 Å². The highest BCUT2D eigenvalue weighted by Gasteiger charge is 2.35. The fraction of sp³-hybridized carbons (Fsp3) is 0.400. The van der Waals surface area contributed by atoms with E-state index in [1.165, 1.54) is 6.92 Å². The lowest BCUT2D eigenvalue weighted by atomic mass is 9.84. The van der Waals surface area contributed by atoms with Crippen molar-refractivity contribution in [1.82, 2.24) is 0 Å². The molecule has 0 saturated carbocycles. The topological polar surface area (TPSA) is 61.8 Å². The Hall–Kier alpha value is -3.34. The maximum Gasteiger partial charge on any atom is 0.308 e. The predicted molar refractivity (Wildman–Crippen MR) is 138 cm³/mol. The quantitative estimate of drug-likeness (QED) is 0.285. The molecule has 0 radical (unpaired) electrons. The molecule has 3 aromatic carbocycles. The van der Waals surface area contributed by atoms with Crippen molar-refractivity contribution in [3.63, 3.8) is 0 Å². The Bertz CT molecular complexity index is 1290. The van der Waals surface area contributed by atoms with Crippen molar-refractivity contribution in [3.8, 4) is 17.2 Å². The summed E-state index contributed by atoms with van der Waals surface area (Å²) in [7, 11) is 0. The summed E-state index contributed by atoms with van der Waals surface area (Å²) in [5.74, 6) is 1.93. The van der Waals surface area contributed by atoms with Crippen LogP contribution in [0.1, 0.15) is 62.3 Å². The van der Waals surface area contributed by atoms with Crippen LogP contribution in [0.15, 0.2) is 42.5 Å². The predicted octanol–water partition coefficient (Wildman–Crippen LogP) is 6.59. The standard InChI is InChI=1S/C30H34O5/c1-18-19(2)29-26(20(3)28(18)34-22(5)31)13-15-30(6,35-29)16-14-27(32)21(4)33-25-12-11-23-9-7-8-10-24(23)17-25/h7-12,17,21H,13-16H2,1-6H3. The van der Waals surface area contributed by atoms with Gasteiger partial charge in [0, 0.05) is 18.9 Å². The van der Waals surface area contributed by atoms with Crippen molar-refractivity contribution in [2.75, 3.05) is 0 Å². The number of hydrogen-bond acceptors (Lipinski definition) is 5. The molecule has 184 valence electrons. The van der Waals surface area contributed by atoms with Crippen molar-refractivity contribution in [2.45, 2.75) is 78.9 Å². The minimum absolute atomic E-state index is 0.0584. The Kier molecular flexibility index (Phi) is 6.88. The second-order valence-corrected chi connectivity index (χ2v) is 9.89. The number of rotatable bonds is 7. The number of ether oxygens (including phenoxy) is 3. The fourth-order valence-electron chi connectivity index (χ4n) is 4.86. The summed E-state index contributed by atoms with van der Waals surface area (Å²) in [6.07, 6.45) is 2.05. The van der Waals surface area contributed by atoms with Crippen molar-refractivity contribution >= 4 is 22.5 Å². The van der Waals surface area contributed by atoms with Gasteiger partial charge in [-0.05, 0) is 93.5 Å². The summed E-state index contributed by atoms with van der Waals surface area (Å²) in [5.41, 5.74) is 3.48. The van der Waals surface area contributed by atoms with Crippen LogP contribution in [0, 0.1) is 20.8 Å². The molecule has 3 aromatic rings. The zero-order chi connectivity index (χ0) is 25.3. The maximum absolute atomic E-state index is 12.9. The lowest BCUT2D eigenvalue weighted by Crippen LogP contribution is -2.38. The molecule has 0 saturated heterocycles. The number of carbonyl (C=O) groups is 2. The van der Waals surface area contributed by atoms with E-state index in [0.29, 0.717) is 24.3 Å². The van der Waals surface area contributed by atoms with E-state index in [0.717, 1.165) is 51.6 Å². The molecule has 1 aliphatic rings. The molecule has 2 unspecified atom stereocenters. The molecule has 5 heteroatoms. The van der Waals surface area contributed by atoms with Crippen molar-refractivity contribution in [1.29, 1.82) is 0 Å². The maximum atomic E-state index is 12.9. The Labute approximate surface area is 207 Å². The lowest BCUT2D eigenvalue weighted by molar-refractivity contribution is -0.132. The summed E-state index contributed by atoms with van der Waals surface area (Å²) >= 11 is 0. The Morgan fingerprint density at radius 2 is 1.74 bits per heavy atom. The number of hydrogen-bond donors (Lipinski definition) is 0. The fourth-order valence-corrected chi connectivity index (χ4v) is 4.86. The van der Waals surface area contributed by atoms with Crippen molar-refractivity contribution in [3.05, 3.63) is 64.7 Å². The van der Waals surface area contributed by atoms with Crippen LogP contribution < -0.4 is 14.2 Å². The molecular weight excluding hydrogens is 440 g/mol. The molecule has 0 amide bonds. The molecule has 0 aromatic heterocycles. The second-order valence-electron chi connectivity index (χ2n) is 9.89. The molecule has 5 nitrogen and oxygen atoms in total. The van der Waals surface area contributed by atoms with Gasteiger partial charge in [-0.25, -0.2) is 0 Å². The van der Waals surface area contributed by atoms with E-state index in [-0.39, 0.29) is 11.8 Å². The number of ketones is 1. The number of Topliss-reactive ketones (excluding diaryl/α,β-unsaturated/α-hetero) is 1. The van der Waals surface area contributed by atoms with Gasteiger partial charge in [0.2, 0.25) is 0 Å². The first kappa shape index (κ1) is 24.8. The van der Waals surface area contributed by atoms with E-state index >= 15 is 0 Å². The van der Waals surface area contributed by atoms with Gasteiger partial charge in [0.05, 0.1) is 0 Å². The molecule has 0 aliphatic carbocycles. The van der Waals surface area contributed by atoms with Crippen LogP contribution in [0.3, 0.4) is 0 Å². The largest absolute Gasteiger partial charge is 0.487 e. The summed E-state index contributed by atoms with van der Waals surface area (Å²) in [5, 5.41) is 2.23. The highest BCUT2D eigenvalue weighted by atomic mass is 16.5. The SMILES string of the molecule is CC(=O)Oc1c(C)c(C)c2c(c1C)CCC(C)(CCC(=O)C(C)Oc1ccc3ccccc3c1)O2. The van der Waals surface area contributed by atoms with Gasteiger partial charge in [0.25, 0.3) is 0 Å². The van der Waals surface area contributed by atoms with Gasteiger partial charge in [0.1, 0.15) is 22.8 Å². The van der Waals surface area contributed by atoms with Gasteiger partial charge >= 0.3 is 5.97 Å². The number of carbonyl (C=O) groups excluding carboxylic acids is 2. The summed E-state index contributed by atoms with van der Waals surface area (Å²) in [6, 6.07) is 14.0. The van der Waals surface area contributed by atoms with E-state index in [1.807, 2.05) is 64.1 Å². The minimum Gasteiger partial charge on any atom is -0.487 e. The van der Waals surface area contributed by atoms with Crippen LogP contribution >= 0.6 is 0 Å². The Morgan fingerprint density at radius 1 is 1.03 bits per heavy atom. The van der Waals surface area contributed by atoms with Gasteiger partial charge < -0.3 is 14.2 Å². The zero-order valence-electron chi connectivity index (χ0n) is 21.5. The highest BCUT2D eigenvalue weighted by Crippen LogP contribution is 2.44. The third kappa shape index (κ3) is 5.19. The molecule has 35 heavy (non-hydrogen) atoms. The molecule has 0 fully saturated rings. The van der Waals surface area contributed by atoms with Gasteiger partial charge in [-0.2, -0.15) is 0 Å². The third-order valence-corrected chi connectivity index (χ3v) is 7.20. The first-order chi connectivity index (χ1) is 16.6. The average molecular weight is 475 g/mol. The van der Waals surface area contributed by atoms with E-state index in [1.54, 1.807) is 0 Å². The Balaban J connectivity index is 1.42. The van der Waals surface area contributed by atoms with Crippen molar-refractivity contribution < 1.29 is 23.8 Å². The van der Waals surface area contributed by atoms with E-state index < -0.39 is 11.7 Å². The highest BCUT2D eigenvalue weighted by molar-refractivity contribution is 5.85. The smallest absolute Gasteiger partial charge is 0.308 e. The van der Waals surface area contributed by atoms with Crippen LogP contribution in [-0.2, 0) is 16.0 Å². The molecule has 2 atom stereocenters. The van der Waals surface area contributed by atoms with E-state index in [2.05, 4.69) is 13.0 Å². The van der Waals surface area contributed by atoms with Gasteiger partial charge in [-0.1, -0.05) is 30.3 Å². The summed E-state index contributed by atoms with van der Waals surface area (Å²) in [4.78, 5) is 24.5. The Morgan fingerprint density at radius 3 is 2.46 bits per heavy atom. The van der Waals surface area contributed by atoms with Gasteiger partial charge in [-0.3, -0.25) is 9.59 Å². The first-order valence-electron chi connectivity index (χ1n) is 12.3. The molecule has 1 aliphatic heterocycles. The van der Waals surface area contributed by atoms with Gasteiger partial charge in [-0.15, -0.1) is 0 Å². The van der Waals surface area contributed by atoms with E-state index in [9.17, 15) is 9.59 Å². The molecule has 0 bridgehead atoms. The lowest BCUT2D eigenvalue weighted by Gasteiger charge is -2.38. The number of fused-ring (bicyclic) bond motifs is 2.